The molecule has 178 valence electrons. The second kappa shape index (κ2) is 8.19. The van der Waals surface area contributed by atoms with E-state index in [4.69, 9.17) is 4.98 Å². The highest BCUT2D eigenvalue weighted by Crippen LogP contribution is 2.40. The molecule has 3 aromatic heterocycles. The molecule has 3 heterocycles. The maximum Gasteiger partial charge on any atom is 0.146 e. The van der Waals surface area contributed by atoms with Gasteiger partial charge in [-0.15, -0.1) is 0 Å². The first kappa shape index (κ1) is 21.0. The van der Waals surface area contributed by atoms with Crippen molar-refractivity contribution < 1.29 is 0 Å². The van der Waals surface area contributed by atoms with E-state index in [0.717, 1.165) is 16.9 Å². The Balaban J connectivity index is 1.44. The fourth-order valence-electron chi connectivity index (χ4n) is 5.95. The van der Waals surface area contributed by atoms with Crippen molar-refractivity contribution in [2.45, 2.75) is 0 Å². The summed E-state index contributed by atoms with van der Waals surface area (Å²) in [5.74, 6) is 0. The molecule has 0 atom stereocenters. The third-order valence-electron chi connectivity index (χ3n) is 7.57. The third kappa shape index (κ3) is 2.99. The lowest BCUT2D eigenvalue weighted by Crippen LogP contribution is -1.95. The molecule has 5 aromatic carbocycles. The van der Waals surface area contributed by atoms with E-state index in [-0.39, 0.29) is 0 Å². The van der Waals surface area contributed by atoms with Gasteiger partial charge in [0, 0.05) is 39.1 Å². The average Bonchev–Trinajstić information content (AvgIpc) is 3.51. The molecule has 3 heteroatoms. The molecule has 38 heavy (non-hydrogen) atoms. The van der Waals surface area contributed by atoms with Crippen molar-refractivity contribution >= 4 is 43.7 Å². The number of para-hydroxylation sites is 4. The predicted molar refractivity (Wildman–Crippen MR) is 158 cm³/mol. The first-order valence-electron chi connectivity index (χ1n) is 12.9. The minimum atomic E-state index is 0.974. The number of fused-ring (bicyclic) bond motifs is 6. The van der Waals surface area contributed by atoms with Gasteiger partial charge in [-0.05, 0) is 65.7 Å². The van der Waals surface area contributed by atoms with Gasteiger partial charge < -0.3 is 4.57 Å². The van der Waals surface area contributed by atoms with Crippen molar-refractivity contribution in [3.8, 4) is 22.5 Å². The van der Waals surface area contributed by atoms with Crippen LogP contribution in [0.15, 0.2) is 140 Å². The number of pyridine rings is 1. The lowest BCUT2D eigenvalue weighted by molar-refractivity contribution is 1.14. The summed E-state index contributed by atoms with van der Waals surface area (Å²) < 4.78 is 4.63. The van der Waals surface area contributed by atoms with Gasteiger partial charge in [-0.25, -0.2) is 4.98 Å². The van der Waals surface area contributed by atoms with Crippen molar-refractivity contribution in [3.63, 3.8) is 0 Å². The third-order valence-corrected chi connectivity index (χ3v) is 7.57. The van der Waals surface area contributed by atoms with Crippen LogP contribution in [-0.4, -0.2) is 14.1 Å². The van der Waals surface area contributed by atoms with Crippen LogP contribution in [-0.2, 0) is 0 Å². The largest absolute Gasteiger partial charge is 0.309 e. The van der Waals surface area contributed by atoms with Crippen LogP contribution in [0, 0.1) is 0 Å². The van der Waals surface area contributed by atoms with Gasteiger partial charge >= 0.3 is 0 Å². The minimum Gasteiger partial charge on any atom is -0.309 e. The van der Waals surface area contributed by atoms with Crippen LogP contribution < -0.4 is 0 Å². The summed E-state index contributed by atoms with van der Waals surface area (Å²) in [6, 6.07) is 47.4. The molecule has 0 bridgehead atoms. The fraction of sp³-hybridized carbons (Fsp3) is 0. The highest BCUT2D eigenvalue weighted by molar-refractivity contribution is 6.16. The van der Waals surface area contributed by atoms with Crippen LogP contribution in [0.3, 0.4) is 0 Å². The average molecular weight is 486 g/mol. The summed E-state index contributed by atoms with van der Waals surface area (Å²) >= 11 is 0. The molecule has 3 nitrogen and oxygen atoms in total. The molecule has 8 aromatic rings. The topological polar surface area (TPSA) is 22.8 Å². The van der Waals surface area contributed by atoms with E-state index in [2.05, 4.69) is 143 Å². The van der Waals surface area contributed by atoms with E-state index < -0.39 is 0 Å². The van der Waals surface area contributed by atoms with Gasteiger partial charge in [-0.3, -0.25) is 4.57 Å². The Morgan fingerprint density at radius 1 is 0.447 bits per heavy atom. The van der Waals surface area contributed by atoms with E-state index in [1.807, 2.05) is 6.20 Å². The number of benzene rings is 5. The molecular weight excluding hydrogens is 462 g/mol. The van der Waals surface area contributed by atoms with Gasteiger partial charge in [0.2, 0.25) is 0 Å². The number of hydrogen-bond donors (Lipinski definition) is 0. The number of hydrogen-bond acceptors (Lipinski definition) is 1. The molecule has 0 saturated heterocycles. The second-order valence-electron chi connectivity index (χ2n) is 9.67. The van der Waals surface area contributed by atoms with E-state index in [9.17, 15) is 0 Å². The van der Waals surface area contributed by atoms with E-state index in [1.54, 1.807) is 0 Å². The Kier molecular flexibility index (Phi) is 4.52. The molecule has 0 aliphatic carbocycles. The van der Waals surface area contributed by atoms with Crippen LogP contribution in [0.1, 0.15) is 0 Å². The van der Waals surface area contributed by atoms with Crippen LogP contribution >= 0.6 is 0 Å². The quantitative estimate of drug-likeness (QED) is 0.245. The van der Waals surface area contributed by atoms with Crippen LogP contribution in [0.2, 0.25) is 0 Å². The molecule has 0 radical (unpaired) electrons. The monoisotopic (exact) mass is 485 g/mol. The normalized spacial score (nSPS) is 11.7. The van der Waals surface area contributed by atoms with E-state index in [0.29, 0.717) is 0 Å². The minimum absolute atomic E-state index is 0.974. The van der Waals surface area contributed by atoms with Gasteiger partial charge in [0.05, 0.1) is 16.6 Å². The van der Waals surface area contributed by atoms with Crippen LogP contribution in [0.4, 0.5) is 0 Å². The zero-order valence-corrected chi connectivity index (χ0v) is 20.6. The van der Waals surface area contributed by atoms with E-state index in [1.165, 1.54) is 49.4 Å². The molecular formula is C35H23N3. The Morgan fingerprint density at radius 2 is 1.03 bits per heavy atom. The van der Waals surface area contributed by atoms with Gasteiger partial charge in [-0.2, -0.15) is 0 Å². The summed E-state index contributed by atoms with van der Waals surface area (Å²) in [5, 5.41) is 4.89. The molecule has 0 spiro atoms. The summed E-state index contributed by atoms with van der Waals surface area (Å²) in [7, 11) is 0. The maximum absolute atomic E-state index is 4.90. The van der Waals surface area contributed by atoms with Crippen molar-refractivity contribution in [1.29, 1.82) is 0 Å². The molecule has 0 N–H and O–H groups in total. The van der Waals surface area contributed by atoms with Gasteiger partial charge in [0.25, 0.3) is 0 Å². The van der Waals surface area contributed by atoms with Gasteiger partial charge in [-0.1, -0.05) is 78.9 Å². The van der Waals surface area contributed by atoms with Gasteiger partial charge in [0.1, 0.15) is 5.65 Å². The fourth-order valence-corrected chi connectivity index (χ4v) is 5.95. The molecule has 0 aliphatic heterocycles. The van der Waals surface area contributed by atoms with Crippen molar-refractivity contribution in [2.75, 3.05) is 0 Å². The smallest absolute Gasteiger partial charge is 0.146 e. The number of aromatic nitrogens is 3. The zero-order valence-electron chi connectivity index (χ0n) is 20.6. The maximum atomic E-state index is 4.90. The molecule has 0 fully saturated rings. The highest BCUT2D eigenvalue weighted by Gasteiger charge is 2.18. The zero-order chi connectivity index (χ0) is 25.1. The SMILES string of the molecule is c1ccc(-n2c3ccccc3c3cc(-c4ccnc5c4c4ccccc4n5-c4ccccc4)ccc32)cc1. The summed E-state index contributed by atoms with van der Waals surface area (Å²) in [6.07, 6.45) is 1.94. The Bertz CT molecular complexity index is 2120. The molecule has 0 aliphatic rings. The standard InChI is InChI=1S/C35H23N3/c1-3-11-25(12-4-1)37-31-17-9-7-15-28(31)30-23-24(19-20-33(30)37)27-21-22-36-35-34(27)29-16-8-10-18-32(29)38(35)26-13-5-2-6-14-26/h1-23H. The predicted octanol–water partition coefficient (Wildman–Crippen LogP) is 8.94. The van der Waals surface area contributed by atoms with Crippen LogP contribution in [0.25, 0.3) is 66.2 Å². The highest BCUT2D eigenvalue weighted by atomic mass is 15.0. The Hall–Kier alpha value is -5.15. The molecule has 0 amide bonds. The lowest BCUT2D eigenvalue weighted by atomic mass is 9.99. The van der Waals surface area contributed by atoms with Crippen molar-refractivity contribution in [2.24, 2.45) is 0 Å². The summed E-state index contributed by atoms with van der Waals surface area (Å²) in [6.45, 7) is 0. The number of rotatable bonds is 3. The number of nitrogens with zero attached hydrogens (tertiary/aromatic N) is 3. The van der Waals surface area contributed by atoms with Gasteiger partial charge in [0.15, 0.2) is 0 Å². The Morgan fingerprint density at radius 3 is 1.76 bits per heavy atom. The molecule has 0 unspecified atom stereocenters. The first-order chi connectivity index (χ1) is 18.9. The summed E-state index contributed by atoms with van der Waals surface area (Å²) in [5.41, 5.74) is 9.23. The van der Waals surface area contributed by atoms with Crippen molar-refractivity contribution in [1.82, 2.24) is 14.1 Å². The summed E-state index contributed by atoms with van der Waals surface area (Å²) in [4.78, 5) is 4.90. The first-order valence-corrected chi connectivity index (χ1v) is 12.9. The van der Waals surface area contributed by atoms with Crippen molar-refractivity contribution in [3.05, 3.63) is 140 Å². The molecule has 8 rings (SSSR count). The van der Waals surface area contributed by atoms with E-state index >= 15 is 0 Å². The lowest BCUT2D eigenvalue weighted by Gasteiger charge is -2.09. The Labute approximate surface area is 219 Å². The second-order valence-corrected chi connectivity index (χ2v) is 9.67. The van der Waals surface area contributed by atoms with Crippen LogP contribution in [0.5, 0.6) is 0 Å². The molecule has 0 saturated carbocycles.